The number of guanidine groups is 1. The number of hydrogen-bond acceptors (Lipinski definition) is 7. The second-order valence-electron chi connectivity index (χ2n) is 5.56. The summed E-state index contributed by atoms with van der Waals surface area (Å²) in [5.41, 5.74) is 1.58. The maximum absolute atomic E-state index is 6.19. The van der Waals surface area contributed by atoms with Crippen molar-refractivity contribution in [3.63, 3.8) is 0 Å². The Kier molecular flexibility index (Phi) is 4.99. The first-order valence-corrected chi connectivity index (χ1v) is 9.44. The van der Waals surface area contributed by atoms with E-state index in [0.29, 0.717) is 16.7 Å². The molecule has 1 aromatic carbocycles. The summed E-state index contributed by atoms with van der Waals surface area (Å²) >= 11 is 7.69. The number of nitrogens with one attached hydrogen (secondary N) is 2. The molecule has 0 atom stereocenters. The first-order chi connectivity index (χ1) is 12.8. The molecule has 8 heteroatoms. The van der Waals surface area contributed by atoms with E-state index in [9.17, 15) is 0 Å². The van der Waals surface area contributed by atoms with Crippen molar-refractivity contribution in [1.29, 1.82) is 0 Å². The first kappa shape index (κ1) is 16.8. The Labute approximate surface area is 159 Å². The van der Waals surface area contributed by atoms with Crippen LogP contribution in [0.3, 0.4) is 0 Å². The highest BCUT2D eigenvalue weighted by atomic mass is 35.5. The summed E-state index contributed by atoms with van der Waals surface area (Å²) in [6.07, 6.45) is 2.73. The molecule has 1 aliphatic rings. The zero-order chi connectivity index (χ0) is 17.8. The van der Waals surface area contributed by atoms with Crippen molar-refractivity contribution in [3.05, 3.63) is 53.0 Å². The Hall–Kier alpha value is -2.64. The molecule has 0 aliphatic carbocycles. The Morgan fingerprint density at radius 2 is 2.12 bits per heavy atom. The van der Waals surface area contributed by atoms with Crippen LogP contribution in [0.4, 0.5) is 5.13 Å². The van der Waals surface area contributed by atoms with Gasteiger partial charge in [0.2, 0.25) is 5.88 Å². The zero-order valence-corrected chi connectivity index (χ0v) is 15.3. The molecule has 0 amide bonds. The monoisotopic (exact) mass is 385 g/mol. The third-order valence-corrected chi connectivity index (χ3v) is 4.79. The summed E-state index contributed by atoms with van der Waals surface area (Å²) in [6.45, 7) is 1.74. The molecule has 6 nitrogen and oxygen atoms in total. The van der Waals surface area contributed by atoms with E-state index in [1.54, 1.807) is 12.3 Å². The van der Waals surface area contributed by atoms with Crippen molar-refractivity contribution >= 4 is 34.0 Å². The number of para-hydroxylation sites is 1. The number of aromatic nitrogens is 2. The summed E-state index contributed by atoms with van der Waals surface area (Å²) in [5, 5.41) is 9.69. The van der Waals surface area contributed by atoms with Crippen molar-refractivity contribution in [2.45, 2.75) is 6.42 Å². The van der Waals surface area contributed by atoms with Gasteiger partial charge >= 0.3 is 0 Å². The SMILES string of the molecule is Clc1ccccc1Oc1ncccc1-c1csc(NC2=NCCCN2)n1. The van der Waals surface area contributed by atoms with Gasteiger partial charge in [0.05, 0.1) is 16.3 Å². The minimum atomic E-state index is 0.464. The molecule has 0 unspecified atom stereocenters. The maximum Gasteiger partial charge on any atom is 0.228 e. The van der Waals surface area contributed by atoms with Gasteiger partial charge in [0.1, 0.15) is 5.75 Å². The van der Waals surface area contributed by atoms with Gasteiger partial charge < -0.3 is 15.4 Å². The third kappa shape index (κ3) is 3.79. The average molecular weight is 386 g/mol. The molecular weight excluding hydrogens is 370 g/mol. The van der Waals surface area contributed by atoms with Crippen LogP contribution >= 0.6 is 22.9 Å². The number of ether oxygens (including phenoxy) is 1. The molecule has 0 saturated carbocycles. The van der Waals surface area contributed by atoms with Gasteiger partial charge in [-0.3, -0.25) is 4.99 Å². The standard InChI is InChI=1S/C18H16ClN5OS/c19-13-6-1-2-7-15(13)25-16-12(5-3-8-20-16)14-11-26-18(23-14)24-17-21-9-4-10-22-17/h1-3,5-8,11H,4,9-10H2,(H2,21,22,23,24). The average Bonchev–Trinajstić information content (AvgIpc) is 3.13. The summed E-state index contributed by atoms with van der Waals surface area (Å²) in [4.78, 5) is 13.4. The van der Waals surface area contributed by atoms with Crippen molar-refractivity contribution in [2.75, 3.05) is 18.4 Å². The van der Waals surface area contributed by atoms with E-state index in [4.69, 9.17) is 16.3 Å². The molecule has 0 saturated heterocycles. The van der Waals surface area contributed by atoms with Gasteiger partial charge in [-0.1, -0.05) is 23.7 Å². The van der Waals surface area contributed by atoms with Crippen molar-refractivity contribution in [3.8, 4) is 22.9 Å². The molecule has 4 rings (SSSR count). The topological polar surface area (TPSA) is 71.4 Å². The van der Waals surface area contributed by atoms with E-state index in [-0.39, 0.29) is 0 Å². The Bertz CT molecular complexity index is 943. The number of benzene rings is 1. The Morgan fingerprint density at radius 3 is 2.96 bits per heavy atom. The number of nitrogens with zero attached hydrogens (tertiary/aromatic N) is 3. The lowest BCUT2D eigenvalue weighted by molar-refractivity contribution is 0.465. The Morgan fingerprint density at radius 1 is 1.19 bits per heavy atom. The van der Waals surface area contributed by atoms with Crippen LogP contribution in [0.1, 0.15) is 6.42 Å². The number of halogens is 1. The molecule has 3 heterocycles. The van der Waals surface area contributed by atoms with Crippen LogP contribution < -0.4 is 15.4 Å². The van der Waals surface area contributed by atoms with Crippen LogP contribution in [0, 0.1) is 0 Å². The molecule has 26 heavy (non-hydrogen) atoms. The highest BCUT2D eigenvalue weighted by molar-refractivity contribution is 7.14. The highest BCUT2D eigenvalue weighted by Gasteiger charge is 2.14. The number of aliphatic imine (C=N–C) groups is 1. The molecule has 3 aromatic rings. The van der Waals surface area contributed by atoms with E-state index in [1.807, 2.05) is 35.7 Å². The second kappa shape index (κ2) is 7.72. The molecule has 132 valence electrons. The van der Waals surface area contributed by atoms with E-state index in [1.165, 1.54) is 11.3 Å². The summed E-state index contributed by atoms with van der Waals surface area (Å²) in [6, 6.07) is 11.1. The Balaban J connectivity index is 1.58. The summed E-state index contributed by atoms with van der Waals surface area (Å²) in [5.74, 6) is 1.78. The van der Waals surface area contributed by atoms with Crippen LogP contribution in [0.5, 0.6) is 11.6 Å². The smallest absolute Gasteiger partial charge is 0.228 e. The fraction of sp³-hybridized carbons (Fsp3) is 0.167. The quantitative estimate of drug-likeness (QED) is 0.695. The van der Waals surface area contributed by atoms with Gasteiger partial charge in [-0.25, -0.2) is 9.97 Å². The fourth-order valence-corrected chi connectivity index (χ4v) is 3.36. The van der Waals surface area contributed by atoms with E-state index in [2.05, 4.69) is 25.6 Å². The molecule has 2 aromatic heterocycles. The largest absolute Gasteiger partial charge is 0.437 e. The van der Waals surface area contributed by atoms with Crippen molar-refractivity contribution < 1.29 is 4.74 Å². The number of anilines is 1. The first-order valence-electron chi connectivity index (χ1n) is 8.18. The van der Waals surface area contributed by atoms with Gasteiger partial charge in [0, 0.05) is 24.7 Å². The lowest BCUT2D eigenvalue weighted by Crippen LogP contribution is -2.35. The third-order valence-electron chi connectivity index (χ3n) is 3.72. The molecule has 0 fully saturated rings. The predicted molar refractivity (Wildman–Crippen MR) is 105 cm³/mol. The van der Waals surface area contributed by atoms with E-state index >= 15 is 0 Å². The fourth-order valence-electron chi connectivity index (χ4n) is 2.47. The minimum absolute atomic E-state index is 0.464. The van der Waals surface area contributed by atoms with Gasteiger partial charge in [0.25, 0.3) is 0 Å². The van der Waals surface area contributed by atoms with Crippen molar-refractivity contribution in [1.82, 2.24) is 15.3 Å². The van der Waals surface area contributed by atoms with E-state index in [0.717, 1.165) is 41.9 Å². The van der Waals surface area contributed by atoms with Crippen LogP contribution in [0.2, 0.25) is 5.02 Å². The van der Waals surface area contributed by atoms with Crippen LogP contribution in [0.15, 0.2) is 53.0 Å². The second-order valence-corrected chi connectivity index (χ2v) is 6.83. The lowest BCUT2D eigenvalue weighted by atomic mass is 10.2. The number of thiazole rings is 1. The zero-order valence-electron chi connectivity index (χ0n) is 13.8. The highest BCUT2D eigenvalue weighted by Crippen LogP contribution is 2.35. The van der Waals surface area contributed by atoms with Gasteiger partial charge in [-0.05, 0) is 30.7 Å². The molecule has 0 spiro atoms. The van der Waals surface area contributed by atoms with Gasteiger partial charge in [-0.2, -0.15) is 0 Å². The molecule has 0 bridgehead atoms. The molecule has 0 radical (unpaired) electrons. The number of pyridine rings is 1. The van der Waals surface area contributed by atoms with Crippen LogP contribution in [-0.4, -0.2) is 29.0 Å². The van der Waals surface area contributed by atoms with Gasteiger partial charge in [0.15, 0.2) is 11.1 Å². The maximum atomic E-state index is 6.19. The summed E-state index contributed by atoms with van der Waals surface area (Å²) < 4.78 is 5.92. The summed E-state index contributed by atoms with van der Waals surface area (Å²) in [7, 11) is 0. The number of hydrogen-bond donors (Lipinski definition) is 2. The molecule has 2 N–H and O–H groups in total. The lowest BCUT2D eigenvalue weighted by Gasteiger charge is -2.14. The van der Waals surface area contributed by atoms with Crippen LogP contribution in [-0.2, 0) is 0 Å². The minimum Gasteiger partial charge on any atom is -0.437 e. The van der Waals surface area contributed by atoms with Crippen molar-refractivity contribution in [2.24, 2.45) is 4.99 Å². The van der Waals surface area contributed by atoms with E-state index < -0.39 is 0 Å². The molecule has 1 aliphatic heterocycles. The predicted octanol–water partition coefficient (Wildman–Crippen LogP) is 4.41. The van der Waals surface area contributed by atoms with Gasteiger partial charge in [-0.15, -0.1) is 11.3 Å². The normalized spacial score (nSPS) is 13.7. The van der Waals surface area contributed by atoms with Crippen LogP contribution in [0.25, 0.3) is 11.3 Å². The number of rotatable bonds is 4. The molecular formula is C18H16ClN5OS.